The van der Waals surface area contributed by atoms with Crippen LogP contribution in [-0.2, 0) is 6.42 Å². The van der Waals surface area contributed by atoms with E-state index in [1.54, 1.807) is 12.1 Å². The van der Waals surface area contributed by atoms with Gasteiger partial charge in [-0.2, -0.15) is 0 Å². The summed E-state index contributed by atoms with van der Waals surface area (Å²) in [6.07, 6.45) is 0.952. The van der Waals surface area contributed by atoms with E-state index in [0.717, 1.165) is 12.0 Å². The molecule has 12 heavy (non-hydrogen) atoms. The van der Waals surface area contributed by atoms with E-state index >= 15 is 0 Å². The third kappa shape index (κ3) is 2.74. The van der Waals surface area contributed by atoms with Gasteiger partial charge in [0.2, 0.25) is 0 Å². The summed E-state index contributed by atoms with van der Waals surface area (Å²) in [6.45, 7) is 4.27. The van der Waals surface area contributed by atoms with E-state index in [1.165, 1.54) is 0 Å². The van der Waals surface area contributed by atoms with E-state index in [1.807, 2.05) is 6.07 Å². The highest BCUT2D eigenvalue weighted by molar-refractivity contribution is 6.30. The zero-order valence-electron chi connectivity index (χ0n) is 7.34. The Kier molecular flexibility index (Phi) is 2.99. The highest BCUT2D eigenvalue weighted by atomic mass is 35.5. The SMILES string of the molecule is CC(C)Cc1cc(O)cc(Cl)c1. The first-order valence-electron chi connectivity index (χ1n) is 4.06. The van der Waals surface area contributed by atoms with E-state index in [-0.39, 0.29) is 5.75 Å². The van der Waals surface area contributed by atoms with E-state index in [0.29, 0.717) is 10.9 Å². The molecule has 1 rings (SSSR count). The monoisotopic (exact) mass is 184 g/mol. The van der Waals surface area contributed by atoms with Crippen molar-refractivity contribution in [2.75, 3.05) is 0 Å². The molecule has 1 nitrogen and oxygen atoms in total. The lowest BCUT2D eigenvalue weighted by Gasteiger charge is -2.05. The van der Waals surface area contributed by atoms with Gasteiger partial charge in [0.05, 0.1) is 0 Å². The van der Waals surface area contributed by atoms with Gasteiger partial charge in [-0.3, -0.25) is 0 Å². The molecule has 0 fully saturated rings. The maximum absolute atomic E-state index is 9.22. The van der Waals surface area contributed by atoms with Crippen molar-refractivity contribution in [2.45, 2.75) is 20.3 Å². The summed E-state index contributed by atoms with van der Waals surface area (Å²) in [6, 6.07) is 5.19. The summed E-state index contributed by atoms with van der Waals surface area (Å²) in [5.74, 6) is 0.834. The molecule has 0 unspecified atom stereocenters. The maximum atomic E-state index is 9.22. The van der Waals surface area contributed by atoms with Crippen LogP contribution < -0.4 is 0 Å². The molecule has 0 aliphatic heterocycles. The molecule has 0 spiro atoms. The predicted octanol–water partition coefficient (Wildman–Crippen LogP) is 3.24. The Bertz CT molecular complexity index is 248. The second-order valence-electron chi connectivity index (χ2n) is 3.42. The minimum absolute atomic E-state index is 0.248. The van der Waals surface area contributed by atoms with Crippen LogP contribution >= 0.6 is 11.6 Å². The largest absolute Gasteiger partial charge is 0.508 e. The minimum Gasteiger partial charge on any atom is -0.508 e. The third-order valence-electron chi connectivity index (χ3n) is 1.59. The molecule has 0 aliphatic rings. The quantitative estimate of drug-likeness (QED) is 0.748. The van der Waals surface area contributed by atoms with Crippen molar-refractivity contribution >= 4 is 11.6 Å². The lowest BCUT2D eigenvalue weighted by atomic mass is 10.0. The first kappa shape index (κ1) is 9.40. The smallest absolute Gasteiger partial charge is 0.117 e. The Morgan fingerprint density at radius 3 is 2.50 bits per heavy atom. The van der Waals surface area contributed by atoms with Crippen LogP contribution in [0, 0.1) is 5.92 Å². The number of hydrogen-bond acceptors (Lipinski definition) is 1. The van der Waals surface area contributed by atoms with Crippen LogP contribution in [0.1, 0.15) is 19.4 Å². The summed E-state index contributed by atoms with van der Waals surface area (Å²) in [7, 11) is 0. The number of benzene rings is 1. The Labute approximate surface area is 78.0 Å². The van der Waals surface area contributed by atoms with Crippen LogP contribution in [-0.4, -0.2) is 5.11 Å². The second-order valence-corrected chi connectivity index (χ2v) is 3.85. The van der Waals surface area contributed by atoms with Gasteiger partial charge in [0, 0.05) is 5.02 Å². The molecule has 0 amide bonds. The van der Waals surface area contributed by atoms with Gasteiger partial charge in [-0.15, -0.1) is 0 Å². The summed E-state index contributed by atoms with van der Waals surface area (Å²) in [4.78, 5) is 0. The van der Waals surface area contributed by atoms with E-state index < -0.39 is 0 Å². The zero-order chi connectivity index (χ0) is 9.14. The maximum Gasteiger partial charge on any atom is 0.117 e. The van der Waals surface area contributed by atoms with Gasteiger partial charge in [0.25, 0.3) is 0 Å². The average molecular weight is 185 g/mol. The average Bonchev–Trinajstić information content (AvgIpc) is 1.81. The predicted molar refractivity (Wildman–Crippen MR) is 51.7 cm³/mol. The van der Waals surface area contributed by atoms with Crippen LogP contribution in [0.5, 0.6) is 5.75 Å². The number of hydrogen-bond donors (Lipinski definition) is 1. The molecule has 0 saturated carbocycles. The van der Waals surface area contributed by atoms with Gasteiger partial charge in [0.15, 0.2) is 0 Å². The zero-order valence-corrected chi connectivity index (χ0v) is 8.10. The van der Waals surface area contributed by atoms with Gasteiger partial charge in [-0.25, -0.2) is 0 Å². The van der Waals surface area contributed by atoms with Crippen molar-refractivity contribution in [1.29, 1.82) is 0 Å². The Balaban J connectivity index is 2.85. The molecule has 1 aromatic rings. The topological polar surface area (TPSA) is 20.2 Å². The Morgan fingerprint density at radius 2 is 2.00 bits per heavy atom. The molecular weight excluding hydrogens is 172 g/mol. The number of aromatic hydroxyl groups is 1. The first-order valence-corrected chi connectivity index (χ1v) is 4.44. The molecule has 0 atom stereocenters. The van der Waals surface area contributed by atoms with E-state index in [2.05, 4.69) is 13.8 Å². The highest BCUT2D eigenvalue weighted by Gasteiger charge is 2.00. The van der Waals surface area contributed by atoms with Gasteiger partial charge in [-0.1, -0.05) is 25.4 Å². The number of phenols is 1. The van der Waals surface area contributed by atoms with Crippen molar-refractivity contribution in [2.24, 2.45) is 5.92 Å². The van der Waals surface area contributed by atoms with Crippen molar-refractivity contribution in [3.63, 3.8) is 0 Å². The van der Waals surface area contributed by atoms with Crippen LogP contribution in [0.15, 0.2) is 18.2 Å². The molecule has 0 saturated heterocycles. The normalized spacial score (nSPS) is 10.7. The van der Waals surface area contributed by atoms with E-state index in [4.69, 9.17) is 11.6 Å². The van der Waals surface area contributed by atoms with Crippen molar-refractivity contribution in [1.82, 2.24) is 0 Å². The molecule has 1 N–H and O–H groups in total. The van der Waals surface area contributed by atoms with Crippen LogP contribution in [0.25, 0.3) is 0 Å². The lowest BCUT2D eigenvalue weighted by Crippen LogP contribution is -1.93. The molecular formula is C10H13ClO. The number of halogens is 1. The summed E-state index contributed by atoms with van der Waals surface area (Å²) in [5.41, 5.74) is 1.09. The van der Waals surface area contributed by atoms with Crippen LogP contribution in [0.3, 0.4) is 0 Å². The molecule has 0 aliphatic carbocycles. The van der Waals surface area contributed by atoms with Gasteiger partial charge < -0.3 is 5.11 Å². The van der Waals surface area contributed by atoms with Crippen LogP contribution in [0.4, 0.5) is 0 Å². The summed E-state index contributed by atoms with van der Waals surface area (Å²) >= 11 is 5.77. The molecule has 2 heteroatoms. The fourth-order valence-electron chi connectivity index (χ4n) is 1.22. The minimum atomic E-state index is 0.248. The summed E-state index contributed by atoms with van der Waals surface area (Å²) < 4.78 is 0. The van der Waals surface area contributed by atoms with Gasteiger partial charge in [-0.05, 0) is 36.1 Å². The number of phenolic OH excluding ortho intramolecular Hbond substituents is 1. The van der Waals surface area contributed by atoms with Crippen molar-refractivity contribution in [3.8, 4) is 5.75 Å². The first-order chi connectivity index (χ1) is 5.58. The van der Waals surface area contributed by atoms with Gasteiger partial charge in [0.1, 0.15) is 5.75 Å². The highest BCUT2D eigenvalue weighted by Crippen LogP contribution is 2.21. The molecule has 0 aromatic heterocycles. The molecule has 1 aromatic carbocycles. The molecule has 66 valence electrons. The third-order valence-corrected chi connectivity index (χ3v) is 1.80. The van der Waals surface area contributed by atoms with Crippen LogP contribution in [0.2, 0.25) is 5.02 Å². The number of rotatable bonds is 2. The molecule has 0 bridgehead atoms. The molecule has 0 radical (unpaired) electrons. The lowest BCUT2D eigenvalue weighted by molar-refractivity contribution is 0.474. The fraction of sp³-hybridized carbons (Fsp3) is 0.400. The van der Waals surface area contributed by atoms with E-state index in [9.17, 15) is 5.11 Å². The Hall–Kier alpha value is -0.690. The fourth-order valence-corrected chi connectivity index (χ4v) is 1.47. The Morgan fingerprint density at radius 1 is 1.33 bits per heavy atom. The standard InChI is InChI=1S/C10H13ClO/c1-7(2)3-8-4-9(11)6-10(12)5-8/h4-7,12H,3H2,1-2H3. The van der Waals surface area contributed by atoms with Crippen molar-refractivity contribution in [3.05, 3.63) is 28.8 Å². The molecule has 0 heterocycles. The van der Waals surface area contributed by atoms with Gasteiger partial charge >= 0.3 is 0 Å². The van der Waals surface area contributed by atoms with Crippen molar-refractivity contribution < 1.29 is 5.11 Å². The summed E-state index contributed by atoms with van der Waals surface area (Å²) in [5, 5.41) is 9.82. The second kappa shape index (κ2) is 3.81.